The lowest BCUT2D eigenvalue weighted by Gasteiger charge is -1.96. The Morgan fingerprint density at radius 1 is 1.17 bits per heavy atom. The van der Waals surface area contributed by atoms with Gasteiger partial charge in [0.1, 0.15) is 5.82 Å². The minimum absolute atomic E-state index is 0.0458. The van der Waals surface area contributed by atoms with Gasteiger partial charge in [0.25, 0.3) is 5.91 Å². The van der Waals surface area contributed by atoms with Crippen LogP contribution in [0.3, 0.4) is 0 Å². The van der Waals surface area contributed by atoms with E-state index in [-0.39, 0.29) is 5.71 Å². The summed E-state index contributed by atoms with van der Waals surface area (Å²) in [5.41, 5.74) is 7.12. The van der Waals surface area contributed by atoms with E-state index < -0.39 is 17.6 Å². The molecule has 0 aromatic heterocycles. The van der Waals surface area contributed by atoms with Gasteiger partial charge in [-0.15, -0.1) is 5.10 Å². The molecule has 2 aromatic carbocycles. The number of hydrogen-bond donors (Lipinski definition) is 2. The van der Waals surface area contributed by atoms with Crippen molar-refractivity contribution in [2.24, 2.45) is 15.9 Å². The molecule has 1 aliphatic rings. The Morgan fingerprint density at radius 3 is 2.61 bits per heavy atom. The van der Waals surface area contributed by atoms with Crippen molar-refractivity contribution in [2.45, 2.75) is 0 Å². The predicted molar refractivity (Wildman–Crippen MR) is 84.1 cm³/mol. The lowest BCUT2D eigenvalue weighted by atomic mass is 10.1. The minimum atomic E-state index is -0.519. The number of fused-ring (bicyclic) bond motifs is 1. The maximum atomic E-state index is 13.3. The molecule has 0 bridgehead atoms. The molecule has 0 atom stereocenters. The van der Waals surface area contributed by atoms with Gasteiger partial charge in [0.05, 0.1) is 11.9 Å². The minimum Gasteiger partial charge on any atom is -0.366 e. The van der Waals surface area contributed by atoms with Crippen molar-refractivity contribution in [3.05, 3.63) is 65.0 Å². The summed E-state index contributed by atoms with van der Waals surface area (Å²) in [6.07, 6.45) is 1.42. The number of hydrogen-bond acceptors (Lipinski definition) is 4. The monoisotopic (exact) mass is 310 g/mol. The number of carbonyl (C=O) groups is 2. The second kappa shape index (κ2) is 5.80. The highest BCUT2D eigenvalue weighted by Gasteiger charge is 2.26. The number of rotatable bonds is 3. The Balaban J connectivity index is 1.84. The van der Waals surface area contributed by atoms with Crippen LogP contribution in [-0.2, 0) is 4.79 Å². The number of benzene rings is 2. The van der Waals surface area contributed by atoms with Crippen LogP contribution in [0.25, 0.3) is 0 Å². The van der Waals surface area contributed by atoms with Crippen molar-refractivity contribution < 1.29 is 14.0 Å². The number of nitrogens with zero attached hydrogens (tertiary/aromatic N) is 2. The fourth-order valence-electron chi connectivity index (χ4n) is 2.11. The molecule has 0 saturated carbocycles. The maximum Gasteiger partial charge on any atom is 0.276 e. The van der Waals surface area contributed by atoms with Gasteiger partial charge in [-0.05, 0) is 35.9 Å². The molecule has 3 rings (SSSR count). The van der Waals surface area contributed by atoms with Gasteiger partial charge in [0.15, 0.2) is 5.71 Å². The number of nitrogens with one attached hydrogen (secondary N) is 1. The van der Waals surface area contributed by atoms with E-state index in [2.05, 4.69) is 15.5 Å². The first kappa shape index (κ1) is 14.6. The summed E-state index contributed by atoms with van der Waals surface area (Å²) in [5.74, 6) is -1.42. The zero-order valence-corrected chi connectivity index (χ0v) is 11.8. The van der Waals surface area contributed by atoms with E-state index in [1.807, 2.05) is 0 Å². The van der Waals surface area contributed by atoms with Crippen LogP contribution < -0.4 is 11.1 Å². The molecule has 0 spiro atoms. The normalized spacial score (nSPS) is 15.0. The highest BCUT2D eigenvalue weighted by Crippen LogP contribution is 2.24. The van der Waals surface area contributed by atoms with Crippen LogP contribution in [0.5, 0.6) is 0 Å². The number of primary amides is 1. The average Bonchev–Trinajstić information content (AvgIpc) is 2.83. The highest BCUT2D eigenvalue weighted by atomic mass is 19.1. The molecule has 0 aliphatic carbocycles. The van der Waals surface area contributed by atoms with Crippen LogP contribution in [0.15, 0.2) is 52.7 Å². The Labute approximate surface area is 130 Å². The first-order valence-electron chi connectivity index (χ1n) is 6.67. The average molecular weight is 310 g/mol. The standard InChI is InChI=1S/C16H11FN4O2/c17-11-5-6-13-12(7-11)14(16(23)20-13)21-19-8-9-1-3-10(4-2-9)15(18)22/h1-8H,(H2,18,22)(H,20,21,23)/b19-8+. The van der Waals surface area contributed by atoms with Crippen LogP contribution in [-0.4, -0.2) is 23.7 Å². The van der Waals surface area contributed by atoms with E-state index in [0.29, 0.717) is 22.4 Å². The van der Waals surface area contributed by atoms with E-state index in [1.54, 1.807) is 24.3 Å². The van der Waals surface area contributed by atoms with Gasteiger partial charge >= 0.3 is 0 Å². The fourth-order valence-corrected chi connectivity index (χ4v) is 2.11. The summed E-state index contributed by atoms with van der Waals surface area (Å²) < 4.78 is 13.3. The number of halogens is 1. The van der Waals surface area contributed by atoms with Crippen LogP contribution in [0, 0.1) is 5.82 Å². The molecule has 0 unspecified atom stereocenters. The molecule has 0 fully saturated rings. The summed E-state index contributed by atoms with van der Waals surface area (Å²) in [6, 6.07) is 10.4. The topological polar surface area (TPSA) is 96.9 Å². The summed E-state index contributed by atoms with van der Waals surface area (Å²) in [6.45, 7) is 0. The molecule has 2 aromatic rings. The van der Waals surface area contributed by atoms with Crippen LogP contribution in [0.1, 0.15) is 21.5 Å². The zero-order chi connectivity index (χ0) is 16.4. The molecule has 114 valence electrons. The summed E-state index contributed by atoms with van der Waals surface area (Å²) in [5, 5.41) is 10.3. The van der Waals surface area contributed by atoms with Crippen molar-refractivity contribution in [3.8, 4) is 0 Å². The Hall–Kier alpha value is -3.35. The number of anilines is 1. The van der Waals surface area contributed by atoms with Crippen LogP contribution in [0.4, 0.5) is 10.1 Å². The number of amides is 2. The van der Waals surface area contributed by atoms with E-state index in [1.165, 1.54) is 24.4 Å². The first-order valence-corrected chi connectivity index (χ1v) is 6.67. The first-order chi connectivity index (χ1) is 11.0. The van der Waals surface area contributed by atoms with Gasteiger partial charge in [-0.25, -0.2) is 4.39 Å². The zero-order valence-electron chi connectivity index (χ0n) is 11.8. The van der Waals surface area contributed by atoms with E-state index >= 15 is 0 Å². The SMILES string of the molecule is NC(=O)c1ccc(/C=N/N=C2\C(=O)Nc3ccc(F)cc32)cc1. The van der Waals surface area contributed by atoms with Crippen LogP contribution in [0.2, 0.25) is 0 Å². The quantitative estimate of drug-likeness (QED) is 0.666. The molecule has 1 aliphatic heterocycles. The molecule has 1 heterocycles. The fraction of sp³-hybridized carbons (Fsp3) is 0. The van der Waals surface area contributed by atoms with Gasteiger partial charge in [-0.3, -0.25) is 9.59 Å². The molecule has 7 heteroatoms. The van der Waals surface area contributed by atoms with Gasteiger partial charge in [-0.2, -0.15) is 5.10 Å². The lowest BCUT2D eigenvalue weighted by Crippen LogP contribution is -2.13. The Kier molecular flexibility index (Phi) is 3.68. The van der Waals surface area contributed by atoms with E-state index in [4.69, 9.17) is 5.73 Å². The molecule has 3 N–H and O–H groups in total. The lowest BCUT2D eigenvalue weighted by molar-refractivity contribution is -0.110. The molecule has 6 nitrogen and oxygen atoms in total. The van der Waals surface area contributed by atoms with Crippen molar-refractivity contribution in [2.75, 3.05) is 5.32 Å². The maximum absolute atomic E-state index is 13.3. The van der Waals surface area contributed by atoms with Crippen molar-refractivity contribution in [1.29, 1.82) is 0 Å². The summed E-state index contributed by atoms with van der Waals surface area (Å²) in [4.78, 5) is 22.8. The largest absolute Gasteiger partial charge is 0.366 e. The summed E-state index contributed by atoms with van der Waals surface area (Å²) >= 11 is 0. The third-order valence-electron chi connectivity index (χ3n) is 3.26. The number of carbonyl (C=O) groups excluding carboxylic acids is 2. The number of nitrogens with two attached hydrogens (primary N) is 1. The molecule has 0 saturated heterocycles. The van der Waals surface area contributed by atoms with Crippen molar-refractivity contribution >= 4 is 29.4 Å². The molecule has 0 radical (unpaired) electrons. The second-order valence-corrected chi connectivity index (χ2v) is 4.82. The van der Waals surface area contributed by atoms with Gasteiger partial charge in [0, 0.05) is 11.1 Å². The van der Waals surface area contributed by atoms with Gasteiger partial charge in [-0.1, -0.05) is 12.1 Å². The molecular weight excluding hydrogens is 299 g/mol. The Bertz CT molecular complexity index is 857. The second-order valence-electron chi connectivity index (χ2n) is 4.82. The van der Waals surface area contributed by atoms with E-state index in [9.17, 15) is 14.0 Å². The smallest absolute Gasteiger partial charge is 0.276 e. The van der Waals surface area contributed by atoms with Crippen LogP contribution >= 0.6 is 0 Å². The highest BCUT2D eigenvalue weighted by molar-refractivity contribution is 6.53. The van der Waals surface area contributed by atoms with E-state index in [0.717, 1.165) is 0 Å². The Morgan fingerprint density at radius 2 is 1.91 bits per heavy atom. The predicted octanol–water partition coefficient (Wildman–Crippen LogP) is 1.70. The molecular formula is C16H11FN4O2. The molecule has 2 amide bonds. The third-order valence-corrected chi connectivity index (χ3v) is 3.26. The van der Waals surface area contributed by atoms with Crippen molar-refractivity contribution in [1.82, 2.24) is 0 Å². The van der Waals surface area contributed by atoms with Gasteiger partial charge < -0.3 is 11.1 Å². The molecule has 23 heavy (non-hydrogen) atoms. The van der Waals surface area contributed by atoms with Crippen molar-refractivity contribution in [3.63, 3.8) is 0 Å². The summed E-state index contributed by atoms with van der Waals surface area (Å²) in [7, 11) is 0. The van der Waals surface area contributed by atoms with Gasteiger partial charge in [0.2, 0.25) is 5.91 Å². The third kappa shape index (κ3) is 2.98.